The molecule has 0 radical (unpaired) electrons. The number of hydrogen-bond donors (Lipinski definition) is 1. The Kier molecular flexibility index (Phi) is 1.25. The van der Waals surface area contributed by atoms with E-state index in [4.69, 9.17) is 0 Å². The number of piperidine rings is 1. The van der Waals surface area contributed by atoms with E-state index in [2.05, 4.69) is 11.4 Å². The first-order valence-electron chi connectivity index (χ1n) is 4.77. The fraction of sp³-hybridized carbons (Fsp3) is 0.600. The molecule has 2 fully saturated rings. The summed E-state index contributed by atoms with van der Waals surface area (Å²) in [6.45, 7) is 0. The maximum absolute atomic E-state index is 11.5. The highest BCUT2D eigenvalue weighted by molar-refractivity contribution is 6.05. The van der Waals surface area contributed by atoms with E-state index in [1.165, 1.54) is 0 Å². The third-order valence-electron chi connectivity index (χ3n) is 3.34. The molecule has 4 unspecified atom stereocenters. The predicted octanol–water partition coefficient (Wildman–Crippen LogP) is 0.266. The zero-order chi connectivity index (χ0) is 9.00. The van der Waals surface area contributed by atoms with Crippen molar-refractivity contribution < 1.29 is 9.59 Å². The molecule has 3 nitrogen and oxygen atoms in total. The molecule has 1 saturated carbocycles. The summed E-state index contributed by atoms with van der Waals surface area (Å²) in [6.07, 6.45) is 5.53. The van der Waals surface area contributed by atoms with E-state index in [-0.39, 0.29) is 17.7 Å². The first-order valence-corrected chi connectivity index (χ1v) is 4.77. The molecule has 4 aliphatic rings. The highest BCUT2D eigenvalue weighted by Crippen LogP contribution is 2.46. The van der Waals surface area contributed by atoms with E-state index >= 15 is 0 Å². The molecule has 2 heterocycles. The zero-order valence-corrected chi connectivity index (χ0v) is 7.19. The van der Waals surface area contributed by atoms with Crippen LogP contribution in [0.15, 0.2) is 12.2 Å². The van der Waals surface area contributed by atoms with Crippen molar-refractivity contribution >= 4 is 11.7 Å². The SMILES string of the molecule is O=C1CC2NC(=O)C1/C=C\C1CC12. The molecule has 2 aliphatic carbocycles. The molecule has 3 heteroatoms. The molecule has 2 aliphatic heterocycles. The van der Waals surface area contributed by atoms with Crippen molar-refractivity contribution in [2.75, 3.05) is 0 Å². The van der Waals surface area contributed by atoms with Crippen LogP contribution >= 0.6 is 0 Å². The highest BCUT2D eigenvalue weighted by atomic mass is 16.2. The molecule has 1 amide bonds. The fourth-order valence-electron chi connectivity index (χ4n) is 2.44. The molecular formula is C10H11NO2. The van der Waals surface area contributed by atoms with Crippen LogP contribution in [0.4, 0.5) is 0 Å². The minimum absolute atomic E-state index is 0.0929. The lowest BCUT2D eigenvalue weighted by Gasteiger charge is -2.28. The second-order valence-electron chi connectivity index (χ2n) is 4.21. The number of fused-ring (bicyclic) bond motifs is 2. The van der Waals surface area contributed by atoms with Crippen molar-refractivity contribution in [1.82, 2.24) is 5.32 Å². The van der Waals surface area contributed by atoms with Crippen LogP contribution in [0.5, 0.6) is 0 Å². The zero-order valence-electron chi connectivity index (χ0n) is 7.19. The predicted molar refractivity (Wildman–Crippen MR) is 45.8 cm³/mol. The van der Waals surface area contributed by atoms with Gasteiger partial charge in [-0.2, -0.15) is 0 Å². The number of Topliss-reactive ketones (excluding diaryl/α,β-unsaturated/α-hetero) is 1. The minimum Gasteiger partial charge on any atom is -0.352 e. The monoisotopic (exact) mass is 177 g/mol. The van der Waals surface area contributed by atoms with Crippen molar-refractivity contribution in [2.24, 2.45) is 17.8 Å². The molecule has 68 valence electrons. The lowest BCUT2D eigenvalue weighted by atomic mass is 9.87. The van der Waals surface area contributed by atoms with Crippen molar-refractivity contribution in [3.63, 3.8) is 0 Å². The molecule has 4 atom stereocenters. The van der Waals surface area contributed by atoms with Crippen LogP contribution in [0.2, 0.25) is 0 Å². The summed E-state index contributed by atoms with van der Waals surface area (Å²) >= 11 is 0. The smallest absolute Gasteiger partial charge is 0.234 e. The fourth-order valence-corrected chi connectivity index (χ4v) is 2.44. The first kappa shape index (κ1) is 7.30. The molecule has 0 spiro atoms. The normalized spacial score (nSPS) is 48.9. The molecule has 0 aromatic rings. The van der Waals surface area contributed by atoms with Crippen LogP contribution in [0.25, 0.3) is 0 Å². The van der Waals surface area contributed by atoms with E-state index in [9.17, 15) is 9.59 Å². The van der Waals surface area contributed by atoms with Crippen molar-refractivity contribution in [1.29, 1.82) is 0 Å². The summed E-state index contributed by atoms with van der Waals surface area (Å²) in [7, 11) is 0. The van der Waals surface area contributed by atoms with Gasteiger partial charge < -0.3 is 5.32 Å². The topological polar surface area (TPSA) is 46.2 Å². The molecule has 13 heavy (non-hydrogen) atoms. The summed E-state index contributed by atoms with van der Waals surface area (Å²) in [5, 5.41) is 2.93. The lowest BCUT2D eigenvalue weighted by molar-refractivity contribution is -0.136. The third-order valence-corrected chi connectivity index (χ3v) is 3.34. The maximum Gasteiger partial charge on any atom is 0.234 e. The molecule has 1 saturated heterocycles. The average Bonchev–Trinajstić information content (AvgIpc) is 2.78. The van der Waals surface area contributed by atoms with Gasteiger partial charge in [0, 0.05) is 12.5 Å². The Hall–Kier alpha value is -1.12. The van der Waals surface area contributed by atoms with Gasteiger partial charge >= 0.3 is 0 Å². The number of carbonyl (C=O) groups is 2. The average molecular weight is 177 g/mol. The van der Waals surface area contributed by atoms with E-state index in [1.807, 2.05) is 0 Å². The summed E-state index contributed by atoms with van der Waals surface area (Å²) in [5.41, 5.74) is 0. The van der Waals surface area contributed by atoms with Gasteiger partial charge in [-0.3, -0.25) is 9.59 Å². The Bertz CT molecular complexity index is 303. The van der Waals surface area contributed by atoms with Gasteiger partial charge in [-0.05, 0) is 18.3 Å². The Balaban J connectivity index is 2.02. The van der Waals surface area contributed by atoms with Crippen molar-refractivity contribution in [3.8, 4) is 0 Å². The lowest BCUT2D eigenvalue weighted by Crippen LogP contribution is -2.50. The van der Waals surface area contributed by atoms with E-state index in [1.54, 1.807) is 6.08 Å². The number of allylic oxidation sites excluding steroid dienone is 1. The minimum atomic E-state index is -0.488. The summed E-state index contributed by atoms with van der Waals surface area (Å²) in [6, 6.07) is 0.131. The van der Waals surface area contributed by atoms with Crippen LogP contribution in [-0.2, 0) is 9.59 Å². The van der Waals surface area contributed by atoms with E-state index in [0.717, 1.165) is 6.42 Å². The maximum atomic E-state index is 11.5. The van der Waals surface area contributed by atoms with Gasteiger partial charge in [0.15, 0.2) is 5.78 Å². The molecular weight excluding hydrogens is 166 g/mol. The van der Waals surface area contributed by atoms with E-state index in [0.29, 0.717) is 18.3 Å². The second-order valence-corrected chi connectivity index (χ2v) is 4.21. The number of nitrogens with one attached hydrogen (secondary N) is 1. The van der Waals surface area contributed by atoms with Crippen LogP contribution in [-0.4, -0.2) is 17.7 Å². The van der Waals surface area contributed by atoms with Gasteiger partial charge in [-0.15, -0.1) is 0 Å². The van der Waals surface area contributed by atoms with Gasteiger partial charge in [-0.1, -0.05) is 12.2 Å². The van der Waals surface area contributed by atoms with Gasteiger partial charge in [0.1, 0.15) is 5.92 Å². The molecule has 1 N–H and O–H groups in total. The Morgan fingerprint density at radius 1 is 1.31 bits per heavy atom. The van der Waals surface area contributed by atoms with E-state index < -0.39 is 5.92 Å². The molecule has 2 bridgehead atoms. The quantitative estimate of drug-likeness (QED) is 0.426. The number of carbonyl (C=O) groups excluding carboxylic acids is 2. The molecule has 4 rings (SSSR count). The highest BCUT2D eigenvalue weighted by Gasteiger charge is 2.48. The van der Waals surface area contributed by atoms with Gasteiger partial charge in [0.2, 0.25) is 5.91 Å². The van der Waals surface area contributed by atoms with Gasteiger partial charge in [-0.25, -0.2) is 0 Å². The summed E-state index contributed by atoms with van der Waals surface area (Å²) in [4.78, 5) is 22.9. The number of amides is 1. The largest absolute Gasteiger partial charge is 0.352 e. The molecule has 0 aromatic carbocycles. The molecule has 0 aromatic heterocycles. The van der Waals surface area contributed by atoms with Crippen molar-refractivity contribution in [2.45, 2.75) is 18.9 Å². The Morgan fingerprint density at radius 2 is 2.15 bits per heavy atom. The standard InChI is InChI=1S/C10H11NO2/c12-9-4-8-7-3-5(7)1-2-6(9)10(13)11-8/h1-2,5-8H,3-4H2,(H,11,13)/b2-1-. The van der Waals surface area contributed by atoms with Gasteiger partial charge in [0.05, 0.1) is 0 Å². The summed E-state index contributed by atoms with van der Waals surface area (Å²) < 4.78 is 0. The number of ketones is 1. The van der Waals surface area contributed by atoms with Crippen molar-refractivity contribution in [3.05, 3.63) is 12.2 Å². The Labute approximate surface area is 76.2 Å². The number of rotatable bonds is 0. The number of hydrogen-bond acceptors (Lipinski definition) is 2. The second kappa shape index (κ2) is 2.22. The third kappa shape index (κ3) is 0.961. The van der Waals surface area contributed by atoms with Crippen LogP contribution in [0, 0.1) is 17.8 Å². The Morgan fingerprint density at radius 3 is 2.92 bits per heavy atom. The summed E-state index contributed by atoms with van der Waals surface area (Å²) in [5.74, 6) is 0.669. The van der Waals surface area contributed by atoms with Crippen LogP contribution in [0.3, 0.4) is 0 Å². The van der Waals surface area contributed by atoms with Crippen LogP contribution < -0.4 is 5.32 Å². The first-order chi connectivity index (χ1) is 6.25. The van der Waals surface area contributed by atoms with Gasteiger partial charge in [0.25, 0.3) is 0 Å². The van der Waals surface area contributed by atoms with Crippen LogP contribution in [0.1, 0.15) is 12.8 Å².